The molecule has 0 spiro atoms. The lowest BCUT2D eigenvalue weighted by Gasteiger charge is -2.35. The van der Waals surface area contributed by atoms with Gasteiger partial charge in [-0.05, 0) is 0 Å². The van der Waals surface area contributed by atoms with Gasteiger partial charge in [0.15, 0.2) is 5.13 Å². The number of thiazole rings is 1. The largest absolute Gasteiger partial charge is 0.345 e. The van der Waals surface area contributed by atoms with E-state index in [9.17, 15) is 8.42 Å². The van der Waals surface area contributed by atoms with Crippen LogP contribution in [-0.2, 0) is 10.2 Å². The van der Waals surface area contributed by atoms with Crippen molar-refractivity contribution in [3.05, 3.63) is 11.6 Å². The summed E-state index contributed by atoms with van der Waals surface area (Å²) in [7, 11) is -1.94. The number of nitriles is 1. The lowest BCUT2D eigenvalue weighted by atomic mass is 10.4. The Morgan fingerprint density at radius 1 is 1.45 bits per heavy atom. The Bertz CT molecular complexity index is 558. The third-order valence-corrected chi connectivity index (χ3v) is 6.01. The van der Waals surface area contributed by atoms with E-state index in [1.54, 1.807) is 17.5 Å². The molecule has 0 N–H and O–H groups in total. The van der Waals surface area contributed by atoms with E-state index >= 15 is 0 Å². The summed E-state index contributed by atoms with van der Waals surface area (Å²) in [5.74, 6) is 0. The zero-order valence-electron chi connectivity index (χ0n) is 11.3. The van der Waals surface area contributed by atoms with Gasteiger partial charge in [0, 0.05) is 57.8 Å². The van der Waals surface area contributed by atoms with Crippen LogP contribution in [0.1, 0.15) is 6.42 Å². The van der Waals surface area contributed by atoms with Gasteiger partial charge in [-0.3, -0.25) is 0 Å². The van der Waals surface area contributed by atoms with Crippen molar-refractivity contribution in [2.24, 2.45) is 0 Å². The van der Waals surface area contributed by atoms with Crippen molar-refractivity contribution in [2.75, 3.05) is 44.7 Å². The predicted octanol–water partition coefficient (Wildman–Crippen LogP) is 0.355. The SMILES string of the molecule is CN(CCC#N)S(=O)(=O)N1CCN(c2nccs2)CC1. The second-order valence-corrected chi connectivity index (χ2v) is 7.35. The first-order chi connectivity index (χ1) is 9.55. The molecule has 0 radical (unpaired) electrons. The van der Waals surface area contributed by atoms with Crippen molar-refractivity contribution in [3.63, 3.8) is 0 Å². The van der Waals surface area contributed by atoms with Gasteiger partial charge in [0.05, 0.1) is 6.07 Å². The molecule has 0 aliphatic carbocycles. The maximum Gasteiger partial charge on any atom is 0.281 e. The minimum Gasteiger partial charge on any atom is -0.345 e. The maximum absolute atomic E-state index is 12.3. The first kappa shape index (κ1) is 15.2. The average Bonchev–Trinajstić information content (AvgIpc) is 2.99. The van der Waals surface area contributed by atoms with Gasteiger partial charge in [-0.25, -0.2) is 4.98 Å². The normalized spacial score (nSPS) is 17.4. The molecule has 0 saturated carbocycles. The molecule has 1 fully saturated rings. The van der Waals surface area contributed by atoms with Gasteiger partial charge in [-0.1, -0.05) is 0 Å². The number of anilines is 1. The summed E-state index contributed by atoms with van der Waals surface area (Å²) in [5, 5.41) is 11.4. The van der Waals surface area contributed by atoms with Crippen molar-refractivity contribution in [3.8, 4) is 6.07 Å². The molecule has 0 unspecified atom stereocenters. The van der Waals surface area contributed by atoms with Gasteiger partial charge >= 0.3 is 0 Å². The van der Waals surface area contributed by atoms with Crippen molar-refractivity contribution >= 4 is 26.7 Å². The van der Waals surface area contributed by atoms with Crippen LogP contribution in [0.25, 0.3) is 0 Å². The molecule has 1 saturated heterocycles. The van der Waals surface area contributed by atoms with Crippen LogP contribution < -0.4 is 4.90 Å². The summed E-state index contributed by atoms with van der Waals surface area (Å²) >= 11 is 1.56. The number of rotatable bonds is 5. The Hall–Kier alpha value is -1.21. The third-order valence-electron chi connectivity index (χ3n) is 3.19. The Labute approximate surface area is 123 Å². The minimum atomic E-state index is -3.45. The van der Waals surface area contributed by atoms with Crippen molar-refractivity contribution in [1.29, 1.82) is 5.26 Å². The second-order valence-electron chi connectivity index (χ2n) is 4.44. The van der Waals surface area contributed by atoms with Crippen LogP contribution in [0.2, 0.25) is 0 Å². The molecule has 1 aliphatic heterocycles. The summed E-state index contributed by atoms with van der Waals surface area (Å²) in [6.45, 7) is 2.39. The summed E-state index contributed by atoms with van der Waals surface area (Å²) in [6.07, 6.45) is 1.95. The molecule has 7 nitrogen and oxygen atoms in total. The van der Waals surface area contributed by atoms with Crippen molar-refractivity contribution < 1.29 is 8.42 Å². The Kier molecular flexibility index (Phi) is 4.93. The summed E-state index contributed by atoms with van der Waals surface area (Å²) in [4.78, 5) is 6.32. The van der Waals surface area contributed by atoms with Gasteiger partial charge in [0.1, 0.15) is 0 Å². The smallest absolute Gasteiger partial charge is 0.281 e. The third kappa shape index (κ3) is 3.27. The first-order valence-corrected chi connectivity index (χ1v) is 8.56. The van der Waals surface area contributed by atoms with E-state index < -0.39 is 10.2 Å². The van der Waals surface area contributed by atoms with E-state index in [0.29, 0.717) is 26.2 Å². The minimum absolute atomic E-state index is 0.203. The fourth-order valence-electron chi connectivity index (χ4n) is 2.00. The number of hydrogen-bond acceptors (Lipinski definition) is 6. The number of hydrogen-bond donors (Lipinski definition) is 0. The number of piperazine rings is 1. The highest BCUT2D eigenvalue weighted by Crippen LogP contribution is 2.20. The zero-order chi connectivity index (χ0) is 14.6. The lowest BCUT2D eigenvalue weighted by molar-refractivity contribution is 0.344. The van der Waals surface area contributed by atoms with Crippen LogP contribution in [0.3, 0.4) is 0 Å². The van der Waals surface area contributed by atoms with E-state index in [0.717, 1.165) is 5.13 Å². The molecule has 0 bridgehead atoms. The molecule has 20 heavy (non-hydrogen) atoms. The highest BCUT2D eigenvalue weighted by atomic mass is 32.2. The molecule has 0 atom stereocenters. The summed E-state index contributed by atoms with van der Waals surface area (Å²) < 4.78 is 27.3. The average molecular weight is 315 g/mol. The molecular weight excluding hydrogens is 298 g/mol. The van der Waals surface area contributed by atoms with Crippen LogP contribution in [0, 0.1) is 11.3 Å². The number of nitrogens with zero attached hydrogens (tertiary/aromatic N) is 5. The van der Waals surface area contributed by atoms with E-state index in [1.807, 2.05) is 11.4 Å². The second kappa shape index (κ2) is 6.49. The van der Waals surface area contributed by atoms with Gasteiger partial charge < -0.3 is 4.90 Å². The number of aromatic nitrogens is 1. The Balaban J connectivity index is 1.94. The maximum atomic E-state index is 12.3. The molecule has 2 rings (SSSR count). The van der Waals surface area contributed by atoms with Crippen molar-refractivity contribution in [2.45, 2.75) is 6.42 Å². The van der Waals surface area contributed by atoms with Gasteiger partial charge in [0.25, 0.3) is 10.2 Å². The molecule has 1 aromatic heterocycles. The molecule has 110 valence electrons. The molecule has 1 aliphatic rings. The van der Waals surface area contributed by atoms with Crippen LogP contribution in [0.5, 0.6) is 0 Å². The van der Waals surface area contributed by atoms with Gasteiger partial charge in [0.2, 0.25) is 0 Å². The van der Waals surface area contributed by atoms with Gasteiger partial charge in [-0.15, -0.1) is 11.3 Å². The Morgan fingerprint density at radius 2 is 2.15 bits per heavy atom. The predicted molar refractivity (Wildman–Crippen MR) is 77.7 cm³/mol. The van der Waals surface area contributed by atoms with E-state index in [-0.39, 0.29) is 13.0 Å². The molecule has 0 aromatic carbocycles. The molecule has 9 heteroatoms. The topological polar surface area (TPSA) is 80.5 Å². The summed E-state index contributed by atoms with van der Waals surface area (Å²) in [5.41, 5.74) is 0. The lowest BCUT2D eigenvalue weighted by Crippen LogP contribution is -2.52. The molecule has 1 aromatic rings. The zero-order valence-corrected chi connectivity index (χ0v) is 12.9. The van der Waals surface area contributed by atoms with Crippen LogP contribution in [-0.4, -0.2) is 61.8 Å². The standard InChI is InChI=1S/C11H17N5O2S2/c1-14(5-2-3-12)20(17,18)16-8-6-15(7-9-16)11-13-4-10-19-11/h4,10H,2,5-9H2,1H3. The molecule has 0 amide bonds. The molecule has 2 heterocycles. The monoisotopic (exact) mass is 315 g/mol. The summed E-state index contributed by atoms with van der Waals surface area (Å²) in [6, 6.07) is 1.96. The van der Waals surface area contributed by atoms with Crippen LogP contribution in [0.15, 0.2) is 11.6 Å². The van der Waals surface area contributed by atoms with Gasteiger partial charge in [-0.2, -0.15) is 22.3 Å². The quantitative estimate of drug-likeness (QED) is 0.783. The Morgan fingerprint density at radius 3 is 2.70 bits per heavy atom. The van der Waals surface area contributed by atoms with E-state index in [2.05, 4.69) is 9.88 Å². The van der Waals surface area contributed by atoms with Crippen LogP contribution in [0.4, 0.5) is 5.13 Å². The van der Waals surface area contributed by atoms with E-state index in [1.165, 1.54) is 15.7 Å². The fraction of sp³-hybridized carbons (Fsp3) is 0.636. The van der Waals surface area contributed by atoms with Crippen LogP contribution >= 0.6 is 11.3 Å². The molecular formula is C11H17N5O2S2. The highest BCUT2D eigenvalue weighted by Gasteiger charge is 2.30. The van der Waals surface area contributed by atoms with Crippen molar-refractivity contribution in [1.82, 2.24) is 13.6 Å². The highest BCUT2D eigenvalue weighted by molar-refractivity contribution is 7.86. The fourth-order valence-corrected chi connectivity index (χ4v) is 4.04. The first-order valence-electron chi connectivity index (χ1n) is 6.28. The van der Waals surface area contributed by atoms with E-state index in [4.69, 9.17) is 5.26 Å².